The second-order valence-corrected chi connectivity index (χ2v) is 9.65. The van der Waals surface area contributed by atoms with Gasteiger partial charge >= 0.3 is 0 Å². The topological polar surface area (TPSA) is 57.6 Å². The van der Waals surface area contributed by atoms with Crippen molar-refractivity contribution < 1.29 is 13.5 Å². The average Bonchev–Trinajstić information content (AvgIpc) is 2.37. The van der Waals surface area contributed by atoms with E-state index in [2.05, 4.69) is 0 Å². The number of rotatable bonds is 3. The van der Waals surface area contributed by atoms with Gasteiger partial charge in [0.05, 0.1) is 11.6 Å². The molecule has 1 fully saturated rings. The minimum Gasteiger partial charge on any atom is -0.392 e. The Morgan fingerprint density at radius 2 is 1.86 bits per heavy atom. The van der Waals surface area contributed by atoms with Gasteiger partial charge in [-0.1, -0.05) is 37.0 Å². The van der Waals surface area contributed by atoms with Gasteiger partial charge in [-0.2, -0.15) is 16.1 Å². The van der Waals surface area contributed by atoms with Gasteiger partial charge in [-0.05, 0) is 12.1 Å². The van der Waals surface area contributed by atoms with Gasteiger partial charge in [-0.3, -0.25) is 0 Å². The highest BCUT2D eigenvalue weighted by atomic mass is 35.5. The maximum atomic E-state index is 12.8. The molecule has 1 aliphatic heterocycles. The summed E-state index contributed by atoms with van der Waals surface area (Å²) in [6, 6.07) is 2.85. The van der Waals surface area contributed by atoms with Crippen LogP contribution in [0.25, 0.3) is 0 Å². The quantitative estimate of drug-likeness (QED) is 0.889. The van der Waals surface area contributed by atoms with Crippen LogP contribution in [0.2, 0.25) is 10.0 Å². The number of halogens is 2. The van der Waals surface area contributed by atoms with Crippen molar-refractivity contribution in [2.45, 2.75) is 35.8 Å². The van der Waals surface area contributed by atoms with Crippen LogP contribution in [0, 0.1) is 0 Å². The summed E-state index contributed by atoms with van der Waals surface area (Å²) in [5.74, 6) is 0. The SMILES string of the molecule is CC1CN(S(=O)(=O)c2ccc(Cl)c(CO)c2Cl)CC(C)S1. The lowest BCUT2D eigenvalue weighted by Gasteiger charge is -2.34. The molecule has 0 amide bonds. The van der Waals surface area contributed by atoms with E-state index in [1.807, 2.05) is 13.8 Å². The second-order valence-electron chi connectivity index (χ2n) is 5.08. The maximum Gasteiger partial charge on any atom is 0.244 e. The number of benzene rings is 1. The van der Waals surface area contributed by atoms with Gasteiger partial charge in [-0.25, -0.2) is 8.42 Å². The van der Waals surface area contributed by atoms with E-state index in [0.717, 1.165) is 0 Å². The third kappa shape index (κ3) is 3.51. The number of thioether (sulfide) groups is 1. The highest BCUT2D eigenvalue weighted by Gasteiger charge is 2.34. The number of hydrogen-bond donors (Lipinski definition) is 1. The Morgan fingerprint density at radius 3 is 2.38 bits per heavy atom. The van der Waals surface area contributed by atoms with Crippen LogP contribution in [0.1, 0.15) is 19.4 Å². The van der Waals surface area contributed by atoms with E-state index >= 15 is 0 Å². The normalized spacial score (nSPS) is 24.2. The van der Waals surface area contributed by atoms with Crippen LogP contribution in [0.3, 0.4) is 0 Å². The third-order valence-corrected chi connectivity index (χ3v) is 7.31. The van der Waals surface area contributed by atoms with Crippen molar-refractivity contribution in [2.24, 2.45) is 0 Å². The highest BCUT2D eigenvalue weighted by molar-refractivity contribution is 8.00. The van der Waals surface area contributed by atoms with E-state index < -0.39 is 16.6 Å². The van der Waals surface area contributed by atoms with Crippen LogP contribution < -0.4 is 0 Å². The molecule has 0 aliphatic carbocycles. The van der Waals surface area contributed by atoms with Gasteiger partial charge in [0.1, 0.15) is 4.90 Å². The smallest absolute Gasteiger partial charge is 0.244 e. The molecular weight excluding hydrogens is 353 g/mol. The first kappa shape index (κ1) is 17.4. The minimum absolute atomic E-state index is 0.00327. The molecular formula is C13H17Cl2NO3S2. The van der Waals surface area contributed by atoms with Crippen molar-refractivity contribution in [1.29, 1.82) is 0 Å². The molecule has 1 aliphatic rings. The van der Waals surface area contributed by atoms with Crippen molar-refractivity contribution in [3.05, 3.63) is 27.7 Å². The van der Waals surface area contributed by atoms with Gasteiger partial charge in [0, 0.05) is 34.2 Å². The van der Waals surface area contributed by atoms with Crippen molar-refractivity contribution in [1.82, 2.24) is 4.31 Å². The summed E-state index contributed by atoms with van der Waals surface area (Å²) in [5.41, 5.74) is 0.242. The summed E-state index contributed by atoms with van der Waals surface area (Å²) < 4.78 is 27.0. The van der Waals surface area contributed by atoms with Crippen LogP contribution in [-0.4, -0.2) is 41.4 Å². The molecule has 0 bridgehead atoms. The predicted octanol–water partition coefficient (Wildman–Crippen LogP) is 3.00. The van der Waals surface area contributed by atoms with Crippen LogP contribution >= 0.6 is 35.0 Å². The monoisotopic (exact) mass is 369 g/mol. The summed E-state index contributed by atoms with van der Waals surface area (Å²) in [6.45, 7) is 4.51. The fourth-order valence-corrected chi connectivity index (χ4v) is 6.39. The van der Waals surface area contributed by atoms with Crippen molar-refractivity contribution in [3.8, 4) is 0 Å². The molecule has 1 aromatic rings. The maximum absolute atomic E-state index is 12.8. The van der Waals surface area contributed by atoms with E-state index in [4.69, 9.17) is 23.2 Å². The first-order valence-corrected chi connectivity index (χ1v) is 9.64. The molecule has 2 unspecified atom stereocenters. The fourth-order valence-electron chi connectivity index (χ4n) is 2.39. The minimum atomic E-state index is -3.69. The van der Waals surface area contributed by atoms with Gasteiger partial charge in [0.2, 0.25) is 10.0 Å². The molecule has 118 valence electrons. The Bertz CT molecular complexity index is 627. The zero-order chi connectivity index (χ0) is 15.8. The first-order chi connectivity index (χ1) is 9.77. The summed E-state index contributed by atoms with van der Waals surface area (Å²) in [5, 5.41) is 10.0. The number of aliphatic hydroxyl groups excluding tert-OH is 1. The molecule has 21 heavy (non-hydrogen) atoms. The molecule has 1 aromatic carbocycles. The first-order valence-electron chi connectivity index (χ1n) is 6.50. The zero-order valence-electron chi connectivity index (χ0n) is 11.7. The van der Waals surface area contributed by atoms with Crippen molar-refractivity contribution >= 4 is 45.0 Å². The molecule has 0 spiro atoms. The Hall–Kier alpha value is 0.0200. The third-order valence-electron chi connectivity index (χ3n) is 3.31. The summed E-state index contributed by atoms with van der Waals surface area (Å²) >= 11 is 13.8. The lowest BCUT2D eigenvalue weighted by atomic mass is 10.2. The summed E-state index contributed by atoms with van der Waals surface area (Å²) in [7, 11) is -3.69. The van der Waals surface area contributed by atoms with Gasteiger partial charge < -0.3 is 5.11 Å². The lowest BCUT2D eigenvalue weighted by Crippen LogP contribution is -2.44. The van der Waals surface area contributed by atoms with E-state index in [1.165, 1.54) is 16.4 Å². The van der Waals surface area contributed by atoms with Gasteiger partial charge in [-0.15, -0.1) is 0 Å². The molecule has 1 heterocycles. The Labute approximate surface area is 139 Å². The van der Waals surface area contributed by atoms with E-state index in [9.17, 15) is 13.5 Å². The van der Waals surface area contributed by atoms with Crippen molar-refractivity contribution in [3.63, 3.8) is 0 Å². The molecule has 4 nitrogen and oxygen atoms in total. The van der Waals surface area contributed by atoms with Gasteiger partial charge in [0.25, 0.3) is 0 Å². The molecule has 1 N–H and O–H groups in total. The number of aliphatic hydroxyl groups is 1. The largest absolute Gasteiger partial charge is 0.392 e. The molecule has 2 rings (SSSR count). The molecule has 2 atom stereocenters. The molecule has 1 saturated heterocycles. The van der Waals surface area contributed by atoms with Crippen molar-refractivity contribution in [2.75, 3.05) is 13.1 Å². The standard InChI is InChI=1S/C13H17Cl2NO3S2/c1-8-5-16(6-9(2)20-8)21(18,19)12-4-3-11(14)10(7-17)13(12)15/h3-4,8-9,17H,5-7H2,1-2H3. The van der Waals surface area contributed by atoms with Gasteiger partial charge in [0.15, 0.2) is 0 Å². The van der Waals surface area contributed by atoms with Crippen LogP contribution in [0.15, 0.2) is 17.0 Å². The van der Waals surface area contributed by atoms with Crippen LogP contribution in [-0.2, 0) is 16.6 Å². The molecule has 0 radical (unpaired) electrons. The Morgan fingerprint density at radius 1 is 1.29 bits per heavy atom. The Balaban J connectivity index is 2.45. The number of sulfonamides is 1. The number of hydrogen-bond acceptors (Lipinski definition) is 4. The molecule has 0 saturated carbocycles. The van der Waals surface area contributed by atoms with E-state index in [-0.39, 0.29) is 31.0 Å². The summed E-state index contributed by atoms with van der Waals surface area (Å²) in [6.07, 6.45) is 0. The van der Waals surface area contributed by atoms with Crippen LogP contribution in [0.4, 0.5) is 0 Å². The predicted molar refractivity (Wildman–Crippen MR) is 87.7 cm³/mol. The zero-order valence-corrected chi connectivity index (χ0v) is 14.9. The summed E-state index contributed by atoms with van der Waals surface area (Å²) in [4.78, 5) is 0.00363. The highest BCUT2D eigenvalue weighted by Crippen LogP contribution is 2.35. The lowest BCUT2D eigenvalue weighted by molar-refractivity contribution is 0.281. The van der Waals surface area contributed by atoms with E-state index in [1.54, 1.807) is 11.8 Å². The molecule has 0 aromatic heterocycles. The Kier molecular flexibility index (Phi) is 5.50. The fraction of sp³-hybridized carbons (Fsp3) is 0.538. The molecule has 8 heteroatoms. The average molecular weight is 370 g/mol. The van der Waals surface area contributed by atoms with E-state index in [0.29, 0.717) is 13.1 Å². The number of nitrogens with zero attached hydrogens (tertiary/aromatic N) is 1. The van der Waals surface area contributed by atoms with Crippen LogP contribution in [0.5, 0.6) is 0 Å². The second kappa shape index (κ2) is 6.64.